The Morgan fingerprint density at radius 1 is 1.35 bits per heavy atom. The molecule has 1 amide bonds. The lowest BCUT2D eigenvalue weighted by Gasteiger charge is -2.35. The highest BCUT2D eigenvalue weighted by atomic mass is 32.1. The molecule has 1 aliphatic rings. The Hall–Kier alpha value is -1.43. The molecule has 1 saturated heterocycles. The Morgan fingerprint density at radius 2 is 2.19 bits per heavy atom. The molecule has 2 heterocycles. The van der Waals surface area contributed by atoms with Gasteiger partial charge in [0, 0.05) is 24.4 Å². The number of benzene rings is 1. The highest BCUT2D eigenvalue weighted by molar-refractivity contribution is 7.21. The largest absolute Gasteiger partial charge is 0.383 e. The molecule has 1 aromatic heterocycles. The van der Waals surface area contributed by atoms with Gasteiger partial charge in [-0.1, -0.05) is 31.5 Å². The second kappa shape index (κ2) is 9.49. The quantitative estimate of drug-likeness (QED) is 0.708. The molecule has 0 radical (unpaired) electrons. The van der Waals surface area contributed by atoms with Gasteiger partial charge in [0.15, 0.2) is 0 Å². The molecule has 1 aliphatic heterocycles. The second-order valence-corrected chi connectivity index (χ2v) is 8.10. The van der Waals surface area contributed by atoms with Gasteiger partial charge in [-0.2, -0.15) is 0 Å². The first kappa shape index (κ1) is 19.3. The lowest BCUT2D eigenvalue weighted by molar-refractivity contribution is 0.0939. The van der Waals surface area contributed by atoms with Crippen LogP contribution in [0.2, 0.25) is 0 Å². The Kier molecular flexibility index (Phi) is 7.06. The van der Waals surface area contributed by atoms with Gasteiger partial charge in [0.2, 0.25) is 0 Å². The number of ether oxygens (including phenoxy) is 1. The monoisotopic (exact) mass is 374 g/mol. The molecule has 3 rings (SSSR count). The van der Waals surface area contributed by atoms with E-state index >= 15 is 0 Å². The molecule has 1 atom stereocenters. The molecule has 2 aromatic rings. The van der Waals surface area contributed by atoms with E-state index in [1.165, 1.54) is 47.9 Å². The van der Waals surface area contributed by atoms with Gasteiger partial charge in [0.1, 0.15) is 0 Å². The molecule has 26 heavy (non-hydrogen) atoms. The van der Waals surface area contributed by atoms with Crippen molar-refractivity contribution in [3.8, 4) is 0 Å². The van der Waals surface area contributed by atoms with Crippen molar-refractivity contribution in [3.05, 3.63) is 34.7 Å². The number of likely N-dealkylation sites (tertiary alicyclic amines) is 1. The lowest BCUT2D eigenvalue weighted by atomic mass is 9.94. The fraction of sp³-hybridized carbons (Fsp3) is 0.571. The summed E-state index contributed by atoms with van der Waals surface area (Å²) in [4.78, 5) is 16.3. The maximum absolute atomic E-state index is 12.8. The Bertz CT molecular complexity index is 726. The van der Waals surface area contributed by atoms with E-state index in [1.54, 1.807) is 18.4 Å². The van der Waals surface area contributed by atoms with Crippen molar-refractivity contribution >= 4 is 27.3 Å². The lowest BCUT2D eigenvalue weighted by Crippen LogP contribution is -2.41. The van der Waals surface area contributed by atoms with E-state index in [2.05, 4.69) is 41.4 Å². The summed E-state index contributed by atoms with van der Waals surface area (Å²) in [5.74, 6) is 0.0381. The van der Waals surface area contributed by atoms with Gasteiger partial charge < -0.3 is 15.0 Å². The minimum Gasteiger partial charge on any atom is -0.383 e. The summed E-state index contributed by atoms with van der Waals surface area (Å²) in [6, 6.07) is 8.97. The Labute approximate surface area is 160 Å². The number of hydrogen-bond acceptors (Lipinski definition) is 4. The van der Waals surface area contributed by atoms with E-state index in [-0.39, 0.29) is 5.91 Å². The van der Waals surface area contributed by atoms with Crippen molar-refractivity contribution in [1.29, 1.82) is 0 Å². The number of carbonyl (C=O) groups is 1. The van der Waals surface area contributed by atoms with Gasteiger partial charge in [-0.15, -0.1) is 11.3 Å². The van der Waals surface area contributed by atoms with E-state index in [0.29, 0.717) is 19.2 Å². The van der Waals surface area contributed by atoms with Crippen LogP contribution in [0, 0.1) is 0 Å². The van der Waals surface area contributed by atoms with Crippen LogP contribution in [0.1, 0.15) is 47.8 Å². The molecular formula is C21H30N2O2S. The summed E-state index contributed by atoms with van der Waals surface area (Å²) in [6.45, 7) is 5.69. The van der Waals surface area contributed by atoms with Gasteiger partial charge in [0.25, 0.3) is 5.91 Å². The van der Waals surface area contributed by atoms with E-state index in [0.717, 1.165) is 17.8 Å². The number of nitrogens with one attached hydrogen (secondary N) is 1. The van der Waals surface area contributed by atoms with Crippen molar-refractivity contribution < 1.29 is 9.53 Å². The van der Waals surface area contributed by atoms with Crippen molar-refractivity contribution in [1.82, 2.24) is 10.2 Å². The number of nitrogens with zero attached hydrogens (tertiary/aromatic N) is 1. The molecule has 0 saturated carbocycles. The number of rotatable bonds is 8. The summed E-state index contributed by atoms with van der Waals surface area (Å²) in [5.41, 5.74) is 1.23. The van der Waals surface area contributed by atoms with Gasteiger partial charge >= 0.3 is 0 Å². The van der Waals surface area contributed by atoms with Crippen LogP contribution in [0.5, 0.6) is 0 Å². The van der Waals surface area contributed by atoms with Crippen LogP contribution < -0.4 is 5.32 Å². The predicted molar refractivity (Wildman–Crippen MR) is 109 cm³/mol. The molecule has 0 bridgehead atoms. The van der Waals surface area contributed by atoms with E-state index in [9.17, 15) is 4.79 Å². The molecule has 1 fully saturated rings. The van der Waals surface area contributed by atoms with Crippen LogP contribution in [-0.2, 0) is 11.2 Å². The number of fused-ring (bicyclic) bond motifs is 1. The summed E-state index contributed by atoms with van der Waals surface area (Å²) in [5, 5.41) is 4.25. The van der Waals surface area contributed by atoms with Gasteiger partial charge in [-0.25, -0.2) is 0 Å². The van der Waals surface area contributed by atoms with E-state index in [4.69, 9.17) is 4.74 Å². The van der Waals surface area contributed by atoms with Crippen LogP contribution >= 0.6 is 11.3 Å². The molecule has 1 N–H and O–H groups in total. The number of carbonyl (C=O) groups excluding carboxylic acids is 1. The Morgan fingerprint density at radius 3 is 3.00 bits per heavy atom. The van der Waals surface area contributed by atoms with Crippen LogP contribution in [0.3, 0.4) is 0 Å². The van der Waals surface area contributed by atoms with Crippen LogP contribution in [-0.4, -0.2) is 50.2 Å². The van der Waals surface area contributed by atoms with Gasteiger partial charge in [0.05, 0.1) is 11.5 Å². The van der Waals surface area contributed by atoms with Crippen molar-refractivity contribution in [2.75, 3.05) is 33.4 Å². The average molecular weight is 375 g/mol. The zero-order valence-corrected chi connectivity index (χ0v) is 16.7. The van der Waals surface area contributed by atoms with Crippen molar-refractivity contribution in [2.24, 2.45) is 0 Å². The van der Waals surface area contributed by atoms with Crippen molar-refractivity contribution in [2.45, 2.75) is 45.1 Å². The number of hydrogen-bond donors (Lipinski definition) is 1. The standard InChI is InChI=1S/C21H30N2O2S/c1-3-12-23-13-7-6-8-16(23)15-18-17-9-4-5-10-19(17)26-20(18)21(24)22-11-14-25-2/h4-5,9-10,16H,3,6-8,11-15H2,1-2H3,(H,22,24)/t16-/m0/s1. The number of methoxy groups -OCH3 is 1. The minimum atomic E-state index is 0.0381. The smallest absolute Gasteiger partial charge is 0.261 e. The van der Waals surface area contributed by atoms with Crippen molar-refractivity contribution in [3.63, 3.8) is 0 Å². The molecular weight excluding hydrogens is 344 g/mol. The van der Waals surface area contributed by atoms with Gasteiger partial charge in [-0.3, -0.25) is 4.79 Å². The molecule has 5 heteroatoms. The maximum atomic E-state index is 12.8. The number of piperidine rings is 1. The summed E-state index contributed by atoms with van der Waals surface area (Å²) >= 11 is 1.62. The molecule has 1 aromatic carbocycles. The Balaban J connectivity index is 1.87. The topological polar surface area (TPSA) is 41.6 Å². The van der Waals surface area contributed by atoms with Crippen LogP contribution in [0.4, 0.5) is 0 Å². The van der Waals surface area contributed by atoms with E-state index < -0.39 is 0 Å². The van der Waals surface area contributed by atoms with Gasteiger partial charge in [-0.05, 0) is 55.8 Å². The first-order chi connectivity index (χ1) is 12.7. The third-order valence-electron chi connectivity index (χ3n) is 5.20. The first-order valence-corrected chi connectivity index (χ1v) is 10.6. The predicted octanol–water partition coefficient (Wildman–Crippen LogP) is 4.08. The minimum absolute atomic E-state index is 0.0381. The summed E-state index contributed by atoms with van der Waals surface area (Å²) in [6.07, 6.45) is 5.98. The highest BCUT2D eigenvalue weighted by Gasteiger charge is 2.26. The molecule has 0 aliphatic carbocycles. The van der Waals surface area contributed by atoms with Crippen LogP contribution in [0.25, 0.3) is 10.1 Å². The third-order valence-corrected chi connectivity index (χ3v) is 6.41. The molecule has 0 spiro atoms. The number of amides is 1. The fourth-order valence-electron chi connectivity index (χ4n) is 3.94. The maximum Gasteiger partial charge on any atom is 0.261 e. The van der Waals surface area contributed by atoms with E-state index in [1.807, 2.05) is 0 Å². The molecule has 4 nitrogen and oxygen atoms in total. The van der Waals surface area contributed by atoms with Crippen LogP contribution in [0.15, 0.2) is 24.3 Å². The zero-order chi connectivity index (χ0) is 18.4. The zero-order valence-electron chi connectivity index (χ0n) is 15.9. The second-order valence-electron chi connectivity index (χ2n) is 7.04. The average Bonchev–Trinajstić information content (AvgIpc) is 3.02. The number of thiophene rings is 1. The fourth-order valence-corrected chi connectivity index (χ4v) is 5.09. The summed E-state index contributed by atoms with van der Waals surface area (Å²) < 4.78 is 6.27. The SMILES string of the molecule is CCCN1CCCC[C@H]1Cc1c(C(=O)NCCOC)sc2ccccc12. The molecule has 142 valence electrons. The summed E-state index contributed by atoms with van der Waals surface area (Å²) in [7, 11) is 1.66. The normalized spacial score (nSPS) is 18.3. The third kappa shape index (κ3) is 4.45. The molecule has 0 unspecified atom stereocenters. The first-order valence-electron chi connectivity index (χ1n) is 9.76. The highest BCUT2D eigenvalue weighted by Crippen LogP contribution is 2.34.